The number of nitrogens with zero attached hydrogens (tertiary/aromatic N) is 1. The molecule has 1 atom stereocenters. The SMILES string of the molecule is Cc1ccsc1-c1cnc(C2COCCN2)[nH]1. The molecule has 0 aromatic carbocycles. The molecule has 0 saturated carbocycles. The second-order valence-electron chi connectivity index (χ2n) is 4.20. The minimum Gasteiger partial charge on any atom is -0.378 e. The van der Waals surface area contributed by atoms with Crippen molar-refractivity contribution >= 4 is 11.3 Å². The van der Waals surface area contributed by atoms with Crippen molar-refractivity contribution < 1.29 is 4.74 Å². The van der Waals surface area contributed by atoms with Gasteiger partial charge in [0.05, 0.1) is 36.0 Å². The Morgan fingerprint density at radius 2 is 2.47 bits per heavy atom. The van der Waals surface area contributed by atoms with Gasteiger partial charge in [0, 0.05) is 6.54 Å². The van der Waals surface area contributed by atoms with E-state index in [1.54, 1.807) is 11.3 Å². The third-order valence-electron chi connectivity index (χ3n) is 2.95. The first-order valence-corrected chi connectivity index (χ1v) is 6.63. The third kappa shape index (κ3) is 2.13. The number of aromatic amines is 1. The van der Waals surface area contributed by atoms with Gasteiger partial charge in [-0.3, -0.25) is 0 Å². The van der Waals surface area contributed by atoms with Gasteiger partial charge in [-0.05, 0) is 23.9 Å². The van der Waals surface area contributed by atoms with Gasteiger partial charge in [-0.15, -0.1) is 11.3 Å². The smallest absolute Gasteiger partial charge is 0.126 e. The Kier molecular flexibility index (Phi) is 2.96. The van der Waals surface area contributed by atoms with Crippen LogP contribution in [0.15, 0.2) is 17.6 Å². The average molecular weight is 249 g/mol. The quantitative estimate of drug-likeness (QED) is 0.857. The summed E-state index contributed by atoms with van der Waals surface area (Å²) in [5.74, 6) is 0.965. The molecule has 0 bridgehead atoms. The fraction of sp³-hybridized carbons (Fsp3) is 0.417. The molecule has 17 heavy (non-hydrogen) atoms. The van der Waals surface area contributed by atoms with Gasteiger partial charge in [0.2, 0.25) is 0 Å². The van der Waals surface area contributed by atoms with Crippen molar-refractivity contribution in [3.8, 4) is 10.6 Å². The number of aryl methyl sites for hydroxylation is 1. The van der Waals surface area contributed by atoms with Crippen molar-refractivity contribution in [1.82, 2.24) is 15.3 Å². The molecule has 1 aliphatic heterocycles. The van der Waals surface area contributed by atoms with Crippen LogP contribution in [0.4, 0.5) is 0 Å². The molecule has 3 heterocycles. The Morgan fingerprint density at radius 1 is 1.53 bits per heavy atom. The highest BCUT2D eigenvalue weighted by Crippen LogP contribution is 2.28. The summed E-state index contributed by atoms with van der Waals surface area (Å²) in [7, 11) is 0. The van der Waals surface area contributed by atoms with Crippen LogP contribution in [0.1, 0.15) is 17.4 Å². The van der Waals surface area contributed by atoms with Gasteiger partial charge in [0.25, 0.3) is 0 Å². The number of thiophene rings is 1. The topological polar surface area (TPSA) is 49.9 Å². The Bertz CT molecular complexity index is 499. The Balaban J connectivity index is 1.85. The van der Waals surface area contributed by atoms with Crippen LogP contribution in [0.3, 0.4) is 0 Å². The first-order chi connectivity index (χ1) is 8.34. The summed E-state index contributed by atoms with van der Waals surface area (Å²) in [4.78, 5) is 9.09. The van der Waals surface area contributed by atoms with E-state index in [0.717, 1.165) is 24.7 Å². The zero-order valence-corrected chi connectivity index (χ0v) is 10.5. The number of aromatic nitrogens is 2. The van der Waals surface area contributed by atoms with Gasteiger partial charge in [-0.1, -0.05) is 0 Å². The lowest BCUT2D eigenvalue weighted by Gasteiger charge is -2.21. The molecule has 0 spiro atoms. The number of nitrogens with one attached hydrogen (secondary N) is 2. The van der Waals surface area contributed by atoms with E-state index >= 15 is 0 Å². The lowest BCUT2D eigenvalue weighted by atomic mass is 10.2. The summed E-state index contributed by atoms with van der Waals surface area (Å²) < 4.78 is 5.44. The normalized spacial score (nSPS) is 20.6. The van der Waals surface area contributed by atoms with Crippen LogP contribution >= 0.6 is 11.3 Å². The molecule has 0 amide bonds. The summed E-state index contributed by atoms with van der Waals surface area (Å²) in [6.45, 7) is 4.48. The summed E-state index contributed by atoms with van der Waals surface area (Å²) in [6, 6.07) is 2.32. The van der Waals surface area contributed by atoms with Gasteiger partial charge in [0.1, 0.15) is 5.82 Å². The van der Waals surface area contributed by atoms with Crippen LogP contribution in [0, 0.1) is 6.92 Å². The van der Waals surface area contributed by atoms with E-state index in [2.05, 4.69) is 33.7 Å². The molecule has 1 saturated heterocycles. The van der Waals surface area contributed by atoms with Crippen LogP contribution in [-0.2, 0) is 4.74 Å². The van der Waals surface area contributed by atoms with E-state index in [4.69, 9.17) is 4.74 Å². The van der Waals surface area contributed by atoms with Gasteiger partial charge in [0.15, 0.2) is 0 Å². The number of hydrogen-bond donors (Lipinski definition) is 2. The number of ether oxygens (including phenoxy) is 1. The van der Waals surface area contributed by atoms with Crippen molar-refractivity contribution in [2.45, 2.75) is 13.0 Å². The lowest BCUT2D eigenvalue weighted by molar-refractivity contribution is 0.0745. The van der Waals surface area contributed by atoms with E-state index < -0.39 is 0 Å². The summed E-state index contributed by atoms with van der Waals surface area (Å²) in [5.41, 5.74) is 2.39. The molecular formula is C12H15N3OS. The Labute approximate surface area is 104 Å². The highest BCUT2D eigenvalue weighted by atomic mass is 32.1. The minimum atomic E-state index is 0.192. The molecule has 3 rings (SSSR count). The van der Waals surface area contributed by atoms with Gasteiger partial charge >= 0.3 is 0 Å². The second kappa shape index (κ2) is 4.60. The average Bonchev–Trinajstić information content (AvgIpc) is 2.98. The van der Waals surface area contributed by atoms with E-state index in [0.29, 0.717) is 6.61 Å². The van der Waals surface area contributed by atoms with Gasteiger partial charge in [-0.25, -0.2) is 4.98 Å². The Morgan fingerprint density at radius 3 is 3.18 bits per heavy atom. The maximum absolute atomic E-state index is 5.44. The maximum Gasteiger partial charge on any atom is 0.126 e. The van der Waals surface area contributed by atoms with Crippen molar-refractivity contribution in [1.29, 1.82) is 0 Å². The number of H-pyrrole nitrogens is 1. The first kappa shape index (κ1) is 11.0. The van der Waals surface area contributed by atoms with E-state index in [1.807, 2.05) is 6.20 Å². The zero-order valence-electron chi connectivity index (χ0n) is 9.69. The van der Waals surface area contributed by atoms with Crippen molar-refractivity contribution in [2.24, 2.45) is 0 Å². The van der Waals surface area contributed by atoms with Crippen molar-refractivity contribution in [3.05, 3.63) is 29.0 Å². The predicted molar refractivity (Wildman–Crippen MR) is 68.2 cm³/mol. The standard InChI is InChI=1S/C12H15N3OS/c1-8-2-5-17-11(8)9-6-14-12(15-9)10-7-16-4-3-13-10/h2,5-6,10,13H,3-4,7H2,1H3,(H,14,15). The van der Waals surface area contributed by atoms with Crippen LogP contribution in [0.2, 0.25) is 0 Å². The third-order valence-corrected chi connectivity index (χ3v) is 4.00. The van der Waals surface area contributed by atoms with E-state index in [-0.39, 0.29) is 6.04 Å². The molecule has 90 valence electrons. The zero-order chi connectivity index (χ0) is 11.7. The first-order valence-electron chi connectivity index (χ1n) is 5.75. The van der Waals surface area contributed by atoms with Crippen molar-refractivity contribution in [3.63, 3.8) is 0 Å². The summed E-state index contributed by atoms with van der Waals surface area (Å²) >= 11 is 1.74. The molecule has 1 fully saturated rings. The lowest BCUT2D eigenvalue weighted by Crippen LogP contribution is -2.35. The Hall–Kier alpha value is -1.17. The number of hydrogen-bond acceptors (Lipinski definition) is 4. The fourth-order valence-corrected chi connectivity index (χ4v) is 2.91. The van der Waals surface area contributed by atoms with Crippen LogP contribution in [-0.4, -0.2) is 29.7 Å². The molecule has 5 heteroatoms. The monoisotopic (exact) mass is 249 g/mol. The maximum atomic E-state index is 5.44. The highest BCUT2D eigenvalue weighted by Gasteiger charge is 2.18. The predicted octanol–water partition coefficient (Wildman–Crippen LogP) is 2.11. The molecule has 0 radical (unpaired) electrons. The van der Waals surface area contributed by atoms with E-state index in [1.165, 1.54) is 10.4 Å². The summed E-state index contributed by atoms with van der Waals surface area (Å²) in [6.07, 6.45) is 1.91. The van der Waals surface area contributed by atoms with Crippen LogP contribution < -0.4 is 5.32 Å². The largest absolute Gasteiger partial charge is 0.378 e. The van der Waals surface area contributed by atoms with Crippen LogP contribution in [0.5, 0.6) is 0 Å². The number of imidazole rings is 1. The number of rotatable bonds is 2. The van der Waals surface area contributed by atoms with Gasteiger partial charge < -0.3 is 15.0 Å². The number of morpholine rings is 1. The molecule has 1 aliphatic rings. The van der Waals surface area contributed by atoms with Crippen LogP contribution in [0.25, 0.3) is 10.6 Å². The summed E-state index contributed by atoms with van der Waals surface area (Å²) in [5, 5.41) is 5.50. The molecule has 2 aromatic heterocycles. The molecule has 2 N–H and O–H groups in total. The fourth-order valence-electron chi connectivity index (χ4n) is 2.02. The van der Waals surface area contributed by atoms with Crippen molar-refractivity contribution in [2.75, 3.05) is 19.8 Å². The molecule has 2 aromatic rings. The molecule has 0 aliphatic carbocycles. The van der Waals surface area contributed by atoms with Gasteiger partial charge in [-0.2, -0.15) is 0 Å². The second-order valence-corrected chi connectivity index (χ2v) is 5.11. The molecule has 1 unspecified atom stereocenters. The van der Waals surface area contributed by atoms with E-state index in [9.17, 15) is 0 Å². The molecular weight excluding hydrogens is 234 g/mol. The minimum absolute atomic E-state index is 0.192. The highest BCUT2D eigenvalue weighted by molar-refractivity contribution is 7.13. The molecule has 4 nitrogen and oxygen atoms in total.